The molecule has 3 atom stereocenters. The zero-order chi connectivity index (χ0) is 9.80. The zero-order valence-corrected chi connectivity index (χ0v) is 9.09. The monoisotopic (exact) mass is 180 g/mol. The van der Waals surface area contributed by atoms with Crippen LogP contribution in [0.15, 0.2) is 11.1 Å². The molecule has 1 unspecified atom stereocenters. The Hall–Kier alpha value is -0.300. The van der Waals surface area contributed by atoms with E-state index in [1.807, 2.05) is 6.92 Å². The van der Waals surface area contributed by atoms with E-state index in [1.54, 1.807) is 0 Å². The zero-order valence-electron chi connectivity index (χ0n) is 9.09. The fourth-order valence-electron chi connectivity index (χ4n) is 3.07. The maximum absolute atomic E-state index is 9.60. The van der Waals surface area contributed by atoms with Crippen LogP contribution in [0.3, 0.4) is 0 Å². The molecule has 0 aromatic rings. The van der Waals surface area contributed by atoms with Gasteiger partial charge in [0.25, 0.3) is 0 Å². The van der Waals surface area contributed by atoms with Crippen LogP contribution in [0.2, 0.25) is 0 Å². The van der Waals surface area contributed by atoms with Crippen molar-refractivity contribution in [2.24, 2.45) is 17.3 Å². The van der Waals surface area contributed by atoms with Crippen molar-refractivity contribution in [2.75, 3.05) is 0 Å². The van der Waals surface area contributed by atoms with Crippen LogP contribution in [0.1, 0.15) is 40.5 Å². The number of aliphatic hydroxyl groups is 1. The van der Waals surface area contributed by atoms with Gasteiger partial charge in [-0.1, -0.05) is 19.4 Å². The van der Waals surface area contributed by atoms with Crippen molar-refractivity contribution in [3.63, 3.8) is 0 Å². The summed E-state index contributed by atoms with van der Waals surface area (Å²) in [6.07, 6.45) is 2.14. The fraction of sp³-hybridized carbons (Fsp3) is 0.833. The van der Waals surface area contributed by atoms with Gasteiger partial charge < -0.3 is 5.11 Å². The first kappa shape index (κ1) is 9.26. The minimum Gasteiger partial charge on any atom is -0.389 e. The molecule has 2 aliphatic carbocycles. The maximum atomic E-state index is 9.60. The summed E-state index contributed by atoms with van der Waals surface area (Å²) in [7, 11) is 0. The molecule has 0 aliphatic heterocycles. The number of rotatable bonds is 1. The summed E-state index contributed by atoms with van der Waals surface area (Å²) >= 11 is 0. The summed E-state index contributed by atoms with van der Waals surface area (Å²) in [6.45, 7) is 8.81. The van der Waals surface area contributed by atoms with Gasteiger partial charge in [0.1, 0.15) is 0 Å². The van der Waals surface area contributed by atoms with E-state index in [1.165, 1.54) is 17.6 Å². The van der Waals surface area contributed by atoms with E-state index in [4.69, 9.17) is 0 Å². The summed E-state index contributed by atoms with van der Waals surface area (Å²) in [5.74, 6) is 1.75. The summed E-state index contributed by atoms with van der Waals surface area (Å²) in [5, 5.41) is 9.60. The Morgan fingerprint density at radius 1 is 1.31 bits per heavy atom. The second-order valence-electron chi connectivity index (χ2n) is 5.42. The normalized spacial score (nSPS) is 38.5. The van der Waals surface area contributed by atoms with E-state index in [9.17, 15) is 5.11 Å². The van der Waals surface area contributed by atoms with Crippen molar-refractivity contribution in [3.8, 4) is 0 Å². The molecular weight excluding hydrogens is 160 g/mol. The van der Waals surface area contributed by atoms with Gasteiger partial charge in [0.2, 0.25) is 0 Å². The van der Waals surface area contributed by atoms with Crippen LogP contribution in [0, 0.1) is 17.3 Å². The van der Waals surface area contributed by atoms with Crippen LogP contribution < -0.4 is 0 Å². The van der Waals surface area contributed by atoms with Gasteiger partial charge in [0.05, 0.1) is 6.10 Å². The minimum absolute atomic E-state index is 0.225. The molecule has 1 N–H and O–H groups in total. The van der Waals surface area contributed by atoms with E-state index in [0.717, 1.165) is 18.3 Å². The highest BCUT2D eigenvalue weighted by molar-refractivity contribution is 5.28. The highest BCUT2D eigenvalue weighted by atomic mass is 16.3. The average molecular weight is 180 g/mol. The molecule has 0 heterocycles. The number of fused-ring (bicyclic) bond motifs is 1. The first-order valence-electron chi connectivity index (χ1n) is 5.31. The highest BCUT2D eigenvalue weighted by Crippen LogP contribution is 2.65. The van der Waals surface area contributed by atoms with Crippen LogP contribution >= 0.6 is 0 Å². The molecule has 0 radical (unpaired) electrons. The Morgan fingerprint density at radius 3 is 2.38 bits per heavy atom. The van der Waals surface area contributed by atoms with Crippen molar-refractivity contribution >= 4 is 0 Å². The number of aliphatic hydroxyl groups excluding tert-OH is 1. The molecule has 1 saturated carbocycles. The van der Waals surface area contributed by atoms with Crippen LogP contribution in [0.25, 0.3) is 0 Å². The Kier molecular flexibility index (Phi) is 1.85. The largest absolute Gasteiger partial charge is 0.389 e. The van der Waals surface area contributed by atoms with Gasteiger partial charge in [-0.25, -0.2) is 0 Å². The molecule has 0 saturated heterocycles. The fourth-order valence-corrected chi connectivity index (χ4v) is 3.07. The minimum atomic E-state index is -0.225. The van der Waals surface area contributed by atoms with E-state index in [2.05, 4.69) is 20.8 Å². The van der Waals surface area contributed by atoms with E-state index in [-0.39, 0.29) is 6.10 Å². The lowest BCUT2D eigenvalue weighted by Gasteiger charge is -2.19. The Labute approximate surface area is 80.8 Å². The third-order valence-electron chi connectivity index (χ3n) is 4.31. The third-order valence-corrected chi connectivity index (χ3v) is 4.31. The Bertz CT molecular complexity index is 260. The lowest BCUT2D eigenvalue weighted by atomic mass is 9.90. The average Bonchev–Trinajstić information content (AvgIpc) is 2.52. The summed E-state index contributed by atoms with van der Waals surface area (Å²) < 4.78 is 0. The molecule has 1 nitrogen and oxygen atoms in total. The molecular formula is C12H20O. The molecule has 2 rings (SSSR count). The molecule has 74 valence electrons. The second-order valence-corrected chi connectivity index (χ2v) is 5.42. The molecule has 1 fully saturated rings. The van der Waals surface area contributed by atoms with Gasteiger partial charge >= 0.3 is 0 Å². The quantitative estimate of drug-likeness (QED) is 0.615. The summed E-state index contributed by atoms with van der Waals surface area (Å²) in [6, 6.07) is 0. The number of hydrogen-bond donors (Lipinski definition) is 1. The summed E-state index contributed by atoms with van der Waals surface area (Å²) in [4.78, 5) is 0. The maximum Gasteiger partial charge on any atom is 0.0724 e. The summed E-state index contributed by atoms with van der Waals surface area (Å²) in [5.41, 5.74) is 3.30. The van der Waals surface area contributed by atoms with Gasteiger partial charge in [0.15, 0.2) is 0 Å². The van der Waals surface area contributed by atoms with Gasteiger partial charge in [-0.05, 0) is 49.5 Å². The first-order valence-corrected chi connectivity index (χ1v) is 5.31. The van der Waals surface area contributed by atoms with Gasteiger partial charge in [0, 0.05) is 0 Å². The first-order chi connectivity index (χ1) is 5.94. The van der Waals surface area contributed by atoms with Gasteiger partial charge in [-0.15, -0.1) is 0 Å². The van der Waals surface area contributed by atoms with E-state index in [0.29, 0.717) is 5.41 Å². The van der Waals surface area contributed by atoms with Crippen molar-refractivity contribution in [1.82, 2.24) is 0 Å². The molecule has 13 heavy (non-hydrogen) atoms. The van der Waals surface area contributed by atoms with Crippen molar-refractivity contribution in [3.05, 3.63) is 11.1 Å². The molecule has 2 aliphatic rings. The topological polar surface area (TPSA) is 20.2 Å². The van der Waals surface area contributed by atoms with Gasteiger partial charge in [-0.3, -0.25) is 0 Å². The Morgan fingerprint density at radius 2 is 1.85 bits per heavy atom. The second kappa shape index (κ2) is 2.60. The molecule has 0 bridgehead atoms. The van der Waals surface area contributed by atoms with E-state index >= 15 is 0 Å². The van der Waals surface area contributed by atoms with Gasteiger partial charge in [-0.2, -0.15) is 0 Å². The predicted octanol–water partition coefficient (Wildman–Crippen LogP) is 2.75. The van der Waals surface area contributed by atoms with Crippen molar-refractivity contribution < 1.29 is 5.11 Å². The number of hydrogen-bond acceptors (Lipinski definition) is 1. The third kappa shape index (κ3) is 1.25. The predicted molar refractivity (Wildman–Crippen MR) is 54.4 cm³/mol. The van der Waals surface area contributed by atoms with Crippen LogP contribution in [-0.2, 0) is 0 Å². The van der Waals surface area contributed by atoms with Crippen LogP contribution in [-0.4, -0.2) is 11.2 Å². The highest BCUT2D eigenvalue weighted by Gasteiger charge is 2.58. The molecule has 0 aromatic carbocycles. The lowest BCUT2D eigenvalue weighted by Crippen LogP contribution is -2.11. The SMILES string of the molecule is CC1=C(C(C)O)C[C@@H]2[C@H](C1)C2(C)C. The number of allylic oxidation sites excluding steroid dienone is 1. The molecule has 0 aromatic heterocycles. The van der Waals surface area contributed by atoms with Crippen LogP contribution in [0.4, 0.5) is 0 Å². The Balaban J connectivity index is 2.17. The lowest BCUT2D eigenvalue weighted by molar-refractivity contribution is 0.221. The smallest absolute Gasteiger partial charge is 0.0724 e. The van der Waals surface area contributed by atoms with E-state index < -0.39 is 0 Å². The standard InChI is InChI=1S/C12H20O/c1-7-5-10-11(12(10,3)4)6-9(7)8(2)13/h8,10-11,13H,5-6H2,1-4H3/t8?,10-,11+/m0/s1. The van der Waals surface area contributed by atoms with Crippen molar-refractivity contribution in [2.45, 2.75) is 46.6 Å². The van der Waals surface area contributed by atoms with Crippen LogP contribution in [0.5, 0.6) is 0 Å². The van der Waals surface area contributed by atoms with Crippen molar-refractivity contribution in [1.29, 1.82) is 0 Å². The molecule has 0 spiro atoms. The molecule has 1 heteroatoms. The molecule has 0 amide bonds.